The summed E-state index contributed by atoms with van der Waals surface area (Å²) in [7, 11) is 0. The lowest BCUT2D eigenvalue weighted by Crippen LogP contribution is -2.36. The quantitative estimate of drug-likeness (QED) is 0.298. The van der Waals surface area contributed by atoms with Crippen molar-refractivity contribution < 1.29 is 9.72 Å². The second kappa shape index (κ2) is 4.53. The summed E-state index contributed by atoms with van der Waals surface area (Å²) in [6.07, 6.45) is 1.00. The maximum Gasteiger partial charge on any atom is 0.286 e. The van der Waals surface area contributed by atoms with Crippen LogP contribution in [0, 0.1) is 17.0 Å². The van der Waals surface area contributed by atoms with Crippen molar-refractivity contribution >= 4 is 11.6 Å². The zero-order valence-corrected chi connectivity index (χ0v) is 8.47. The molecule has 0 saturated carbocycles. The Morgan fingerprint density at radius 3 is 2.81 bits per heavy atom. The Bertz CT molecular complexity index is 493. The van der Waals surface area contributed by atoms with Crippen LogP contribution in [0.2, 0.25) is 0 Å². The number of nitrogens with zero attached hydrogens (tertiary/aromatic N) is 2. The van der Waals surface area contributed by atoms with E-state index in [2.05, 4.69) is 0 Å². The van der Waals surface area contributed by atoms with Crippen LogP contribution in [-0.2, 0) is 11.3 Å². The molecular weight excluding hydrogens is 216 g/mol. The van der Waals surface area contributed by atoms with Crippen molar-refractivity contribution in [3.63, 3.8) is 0 Å². The van der Waals surface area contributed by atoms with Crippen LogP contribution in [0.5, 0.6) is 0 Å². The Balaban J connectivity index is 3.22. The largest absolute Gasteiger partial charge is 0.299 e. The lowest BCUT2D eigenvalue weighted by atomic mass is 10.3. The molecule has 0 aliphatic rings. The van der Waals surface area contributed by atoms with Gasteiger partial charge in [-0.05, 0) is 6.92 Å². The van der Waals surface area contributed by atoms with Gasteiger partial charge in [-0.3, -0.25) is 29.7 Å². The molecule has 0 atom stereocenters. The van der Waals surface area contributed by atoms with E-state index in [-0.39, 0.29) is 17.8 Å². The molecule has 0 saturated heterocycles. The van der Waals surface area contributed by atoms with E-state index in [9.17, 15) is 19.7 Å². The number of aromatic nitrogens is 1. The standard InChI is InChI=1S/C8H10N4O4/c1-5-2-6(12(15)16)3-11(8(5)14)4-7(13)10-9/h2-3H,4,9H2,1H3,(H,10,13). The highest BCUT2D eigenvalue weighted by Crippen LogP contribution is 2.09. The minimum atomic E-state index is -0.636. The molecule has 1 aromatic heterocycles. The van der Waals surface area contributed by atoms with E-state index < -0.39 is 16.4 Å². The van der Waals surface area contributed by atoms with Crippen LogP contribution < -0.4 is 16.8 Å². The molecule has 0 aliphatic carbocycles. The predicted molar refractivity (Wildman–Crippen MR) is 54.4 cm³/mol. The summed E-state index contributed by atoms with van der Waals surface area (Å²) in [6, 6.07) is 1.15. The maximum atomic E-state index is 11.5. The van der Waals surface area contributed by atoms with Gasteiger partial charge in [-0.1, -0.05) is 0 Å². The monoisotopic (exact) mass is 226 g/mol. The molecule has 1 amide bonds. The number of nitro groups is 1. The van der Waals surface area contributed by atoms with Gasteiger partial charge in [0.05, 0.1) is 11.1 Å². The van der Waals surface area contributed by atoms with Gasteiger partial charge in [0.15, 0.2) is 0 Å². The molecule has 0 radical (unpaired) electrons. The van der Waals surface area contributed by atoms with Crippen molar-refractivity contribution in [3.05, 3.63) is 38.3 Å². The van der Waals surface area contributed by atoms with Gasteiger partial charge in [0.25, 0.3) is 17.2 Å². The minimum absolute atomic E-state index is 0.194. The van der Waals surface area contributed by atoms with E-state index in [1.54, 1.807) is 0 Å². The Kier molecular flexibility index (Phi) is 3.36. The molecule has 0 bridgehead atoms. The van der Waals surface area contributed by atoms with E-state index in [0.29, 0.717) is 0 Å². The molecule has 0 unspecified atom stereocenters. The number of hydrogen-bond donors (Lipinski definition) is 2. The fourth-order valence-electron chi connectivity index (χ4n) is 1.18. The van der Waals surface area contributed by atoms with Crippen LogP contribution in [0.25, 0.3) is 0 Å². The normalized spacial score (nSPS) is 9.88. The number of nitrogens with two attached hydrogens (primary N) is 1. The first-order valence-electron chi connectivity index (χ1n) is 4.30. The van der Waals surface area contributed by atoms with Crippen LogP contribution in [0.3, 0.4) is 0 Å². The maximum absolute atomic E-state index is 11.5. The van der Waals surface area contributed by atoms with Crippen LogP contribution in [-0.4, -0.2) is 15.4 Å². The summed E-state index contributed by atoms with van der Waals surface area (Å²) in [5, 5.41) is 10.5. The van der Waals surface area contributed by atoms with Crippen molar-refractivity contribution in [3.8, 4) is 0 Å². The van der Waals surface area contributed by atoms with Crippen LogP contribution in [0.4, 0.5) is 5.69 Å². The van der Waals surface area contributed by atoms with Crippen molar-refractivity contribution in [2.24, 2.45) is 5.84 Å². The summed E-state index contributed by atoms with van der Waals surface area (Å²) in [6.45, 7) is 1.09. The average Bonchev–Trinajstić information content (AvgIpc) is 2.23. The number of aryl methyl sites for hydroxylation is 1. The fraction of sp³-hybridized carbons (Fsp3) is 0.250. The number of pyridine rings is 1. The first-order chi connectivity index (χ1) is 7.45. The van der Waals surface area contributed by atoms with Gasteiger partial charge in [0.1, 0.15) is 6.54 Å². The molecule has 3 N–H and O–H groups in total. The summed E-state index contributed by atoms with van der Waals surface area (Å²) >= 11 is 0. The Morgan fingerprint density at radius 2 is 2.31 bits per heavy atom. The van der Waals surface area contributed by atoms with Gasteiger partial charge >= 0.3 is 0 Å². The zero-order valence-electron chi connectivity index (χ0n) is 8.47. The van der Waals surface area contributed by atoms with Crippen LogP contribution >= 0.6 is 0 Å². The number of carbonyl (C=O) groups excluding carboxylic acids is 1. The lowest BCUT2D eigenvalue weighted by molar-refractivity contribution is -0.385. The highest BCUT2D eigenvalue weighted by atomic mass is 16.6. The summed E-state index contributed by atoms with van der Waals surface area (Å²) < 4.78 is 0.940. The van der Waals surface area contributed by atoms with Gasteiger partial charge < -0.3 is 0 Å². The van der Waals surface area contributed by atoms with E-state index in [1.807, 2.05) is 5.43 Å². The molecule has 86 valence electrons. The molecule has 1 heterocycles. The molecule has 0 aliphatic heterocycles. The molecule has 8 nitrogen and oxygen atoms in total. The number of nitrogens with one attached hydrogen (secondary N) is 1. The Morgan fingerprint density at radius 1 is 1.69 bits per heavy atom. The van der Waals surface area contributed by atoms with Gasteiger partial charge in [0.2, 0.25) is 0 Å². The van der Waals surface area contributed by atoms with Crippen molar-refractivity contribution in [1.29, 1.82) is 0 Å². The van der Waals surface area contributed by atoms with Crippen LogP contribution in [0.15, 0.2) is 17.1 Å². The molecule has 0 spiro atoms. The summed E-state index contributed by atoms with van der Waals surface area (Å²) in [4.78, 5) is 32.4. The molecular formula is C8H10N4O4. The Labute approximate surface area is 89.8 Å². The molecule has 0 fully saturated rings. The van der Waals surface area contributed by atoms with E-state index >= 15 is 0 Å². The minimum Gasteiger partial charge on any atom is -0.299 e. The van der Waals surface area contributed by atoms with E-state index in [0.717, 1.165) is 16.8 Å². The van der Waals surface area contributed by atoms with Crippen molar-refractivity contribution in [2.45, 2.75) is 13.5 Å². The predicted octanol–water partition coefficient (Wildman–Crippen LogP) is -0.945. The van der Waals surface area contributed by atoms with E-state index in [1.165, 1.54) is 6.92 Å². The molecule has 8 heteroatoms. The number of hydrogen-bond acceptors (Lipinski definition) is 5. The first-order valence-corrected chi connectivity index (χ1v) is 4.30. The highest BCUT2D eigenvalue weighted by Gasteiger charge is 2.12. The summed E-state index contributed by atoms with van der Waals surface area (Å²) in [5.74, 6) is 4.25. The van der Waals surface area contributed by atoms with Crippen molar-refractivity contribution in [1.82, 2.24) is 9.99 Å². The van der Waals surface area contributed by atoms with Crippen LogP contribution in [0.1, 0.15) is 5.56 Å². The number of hydrazine groups is 1. The fourth-order valence-corrected chi connectivity index (χ4v) is 1.18. The zero-order chi connectivity index (χ0) is 12.3. The molecule has 1 rings (SSSR count). The van der Waals surface area contributed by atoms with Gasteiger partial charge in [-0.25, -0.2) is 5.84 Å². The van der Waals surface area contributed by atoms with Gasteiger partial charge in [-0.15, -0.1) is 0 Å². The Hall–Kier alpha value is -2.22. The van der Waals surface area contributed by atoms with Gasteiger partial charge in [-0.2, -0.15) is 0 Å². The second-order valence-corrected chi connectivity index (χ2v) is 3.14. The number of rotatable bonds is 3. The number of amides is 1. The lowest BCUT2D eigenvalue weighted by Gasteiger charge is -2.05. The van der Waals surface area contributed by atoms with Crippen molar-refractivity contribution in [2.75, 3.05) is 0 Å². The highest BCUT2D eigenvalue weighted by molar-refractivity contribution is 5.75. The summed E-state index contributed by atoms with van der Waals surface area (Å²) in [5.41, 5.74) is 1.32. The third kappa shape index (κ3) is 2.42. The third-order valence-electron chi connectivity index (χ3n) is 1.94. The molecule has 0 aromatic carbocycles. The topological polar surface area (TPSA) is 120 Å². The van der Waals surface area contributed by atoms with Gasteiger partial charge in [0, 0.05) is 11.6 Å². The van der Waals surface area contributed by atoms with E-state index in [4.69, 9.17) is 5.84 Å². The molecule has 1 aromatic rings. The first kappa shape index (κ1) is 11.9. The molecule has 16 heavy (non-hydrogen) atoms. The average molecular weight is 226 g/mol. The smallest absolute Gasteiger partial charge is 0.286 e. The third-order valence-corrected chi connectivity index (χ3v) is 1.94. The number of carbonyl (C=O) groups is 1. The second-order valence-electron chi connectivity index (χ2n) is 3.14. The SMILES string of the molecule is Cc1cc([N+](=O)[O-])cn(CC(=O)NN)c1=O.